The second-order valence-corrected chi connectivity index (χ2v) is 16.4. The number of nitrogens with zero attached hydrogens (tertiary/aromatic N) is 6. The van der Waals surface area contributed by atoms with Crippen LogP contribution in [0.4, 0.5) is 0 Å². The fraction of sp³-hybridized carbons (Fsp3) is 0.317. The zero-order valence-electron chi connectivity index (χ0n) is 33.6. The summed E-state index contributed by atoms with van der Waals surface area (Å²) in [7, 11) is 0. The summed E-state index contributed by atoms with van der Waals surface area (Å²) in [5, 5.41) is 1.49. The molecule has 0 aliphatic rings. The highest BCUT2D eigenvalue weighted by Gasteiger charge is 2.30. The van der Waals surface area contributed by atoms with Crippen molar-refractivity contribution in [3.05, 3.63) is 103 Å². The van der Waals surface area contributed by atoms with Crippen LogP contribution in [0.15, 0.2) is 55.0 Å². The number of imidazole rings is 2. The molecule has 2 aromatic carbocycles. The van der Waals surface area contributed by atoms with Gasteiger partial charge in [-0.25, -0.2) is 39.1 Å². The molecule has 59 heavy (non-hydrogen) atoms. The van der Waals surface area contributed by atoms with E-state index < -0.39 is 35.1 Å². The third-order valence-corrected chi connectivity index (χ3v) is 8.98. The number of benzene rings is 2. The van der Waals surface area contributed by atoms with Gasteiger partial charge in [0.25, 0.3) is 0 Å². The Morgan fingerprint density at radius 1 is 0.661 bits per heavy atom. The number of fused-ring (bicyclic) bond motifs is 2. The summed E-state index contributed by atoms with van der Waals surface area (Å²) < 4.78 is 24.3. The quantitative estimate of drug-likeness (QED) is 0.105. The first-order valence-corrected chi connectivity index (χ1v) is 19.6. The third kappa shape index (κ3) is 10.3. The van der Waals surface area contributed by atoms with Gasteiger partial charge in [0, 0.05) is 33.6 Å². The molecule has 0 spiro atoms. The van der Waals surface area contributed by atoms with Gasteiger partial charge in [-0.1, -0.05) is 46.4 Å². The normalized spacial score (nSPS) is 11.5. The van der Waals surface area contributed by atoms with E-state index in [2.05, 4.69) is 19.9 Å². The number of halogens is 4. The standard InChI is InChI=1S/C21H21Cl2N3O4.C20H19Cl2N3O4/c1-6-29-18(27)15-10-26-17(13-8-7-12(22)9-14(13)23)16(11(2)24-20(26)25-15)19(28)30-21(3,4)5;1-5-28-18(27)15-10-24-19-23-9-13(17(26)29-20(2,3)4)16(25(15)19)12-7-6-11(21)8-14(12)22/h7-10H,6H2,1-5H3;6-10H,5H2,1-4H3. The lowest BCUT2D eigenvalue weighted by molar-refractivity contribution is 0.00563. The van der Waals surface area contributed by atoms with Crippen LogP contribution in [0.25, 0.3) is 34.1 Å². The minimum Gasteiger partial charge on any atom is -0.461 e. The van der Waals surface area contributed by atoms with E-state index in [1.165, 1.54) is 27.4 Å². The highest BCUT2D eigenvalue weighted by Crippen LogP contribution is 2.36. The van der Waals surface area contributed by atoms with Crippen LogP contribution in [0.5, 0.6) is 0 Å². The summed E-state index contributed by atoms with van der Waals surface area (Å²) in [4.78, 5) is 67.7. The highest BCUT2D eigenvalue weighted by molar-refractivity contribution is 6.37. The summed E-state index contributed by atoms with van der Waals surface area (Å²) in [6.07, 6.45) is 4.16. The summed E-state index contributed by atoms with van der Waals surface area (Å²) in [5.74, 6) is -1.94. The second kappa shape index (κ2) is 17.9. The average molecular weight is 887 g/mol. The molecule has 0 N–H and O–H groups in total. The van der Waals surface area contributed by atoms with Gasteiger partial charge in [0.2, 0.25) is 11.6 Å². The Bertz CT molecular complexity index is 2610. The van der Waals surface area contributed by atoms with Crippen LogP contribution < -0.4 is 0 Å². The molecule has 0 unspecified atom stereocenters. The van der Waals surface area contributed by atoms with Crippen molar-refractivity contribution in [2.45, 2.75) is 73.5 Å². The first-order chi connectivity index (χ1) is 27.6. The number of hydrogen-bond donors (Lipinski definition) is 0. The molecule has 0 amide bonds. The van der Waals surface area contributed by atoms with Crippen molar-refractivity contribution in [1.82, 2.24) is 28.7 Å². The van der Waals surface area contributed by atoms with Crippen molar-refractivity contribution < 1.29 is 38.1 Å². The van der Waals surface area contributed by atoms with Crippen LogP contribution in [0.2, 0.25) is 20.1 Å². The number of aromatic nitrogens is 6. The molecule has 0 atom stereocenters. The van der Waals surface area contributed by atoms with Crippen LogP contribution in [-0.2, 0) is 18.9 Å². The molecule has 14 nitrogen and oxygen atoms in total. The van der Waals surface area contributed by atoms with Gasteiger partial charge < -0.3 is 18.9 Å². The van der Waals surface area contributed by atoms with Gasteiger partial charge in [0.15, 0.2) is 11.4 Å². The lowest BCUT2D eigenvalue weighted by Crippen LogP contribution is -2.25. The molecule has 0 fully saturated rings. The number of carbonyl (C=O) groups is 4. The molecule has 4 heterocycles. The van der Waals surface area contributed by atoms with Crippen molar-refractivity contribution in [2.75, 3.05) is 13.2 Å². The molecule has 0 saturated carbocycles. The molecule has 18 heteroatoms. The highest BCUT2D eigenvalue weighted by atomic mass is 35.5. The minimum atomic E-state index is -0.730. The Morgan fingerprint density at radius 2 is 1.19 bits per heavy atom. The number of hydrogen-bond acceptors (Lipinski definition) is 12. The van der Waals surface area contributed by atoms with E-state index in [0.717, 1.165) is 0 Å². The molecular formula is C41H40Cl4N6O8. The van der Waals surface area contributed by atoms with Gasteiger partial charge in [0.1, 0.15) is 22.3 Å². The monoisotopic (exact) mass is 884 g/mol. The molecule has 310 valence electrons. The molecule has 0 aliphatic heterocycles. The number of aryl methyl sites for hydroxylation is 1. The molecule has 0 aliphatic carbocycles. The minimum absolute atomic E-state index is 0.0661. The number of esters is 4. The maximum atomic E-state index is 13.1. The third-order valence-electron chi connectivity index (χ3n) is 7.89. The van der Waals surface area contributed by atoms with Crippen molar-refractivity contribution in [2.24, 2.45) is 0 Å². The lowest BCUT2D eigenvalue weighted by atomic mass is 10.0. The summed E-state index contributed by atoms with van der Waals surface area (Å²) in [6.45, 7) is 16.1. The first-order valence-electron chi connectivity index (χ1n) is 18.1. The van der Waals surface area contributed by atoms with E-state index in [1.807, 2.05) is 0 Å². The number of ether oxygens (including phenoxy) is 4. The topological polar surface area (TPSA) is 166 Å². The Kier molecular flexibility index (Phi) is 13.6. The van der Waals surface area contributed by atoms with Crippen LogP contribution in [0, 0.1) is 6.92 Å². The van der Waals surface area contributed by atoms with E-state index in [1.54, 1.807) is 98.7 Å². The molecule has 4 aromatic heterocycles. The zero-order valence-corrected chi connectivity index (χ0v) is 36.6. The largest absolute Gasteiger partial charge is 0.461 e. The fourth-order valence-electron chi connectivity index (χ4n) is 5.67. The van der Waals surface area contributed by atoms with Gasteiger partial charge in [0.05, 0.1) is 46.5 Å². The van der Waals surface area contributed by atoms with Crippen LogP contribution in [-0.4, -0.2) is 77.0 Å². The Morgan fingerprint density at radius 3 is 1.73 bits per heavy atom. The Balaban J connectivity index is 0.000000224. The van der Waals surface area contributed by atoms with E-state index in [4.69, 9.17) is 65.4 Å². The van der Waals surface area contributed by atoms with Crippen LogP contribution >= 0.6 is 46.4 Å². The maximum absolute atomic E-state index is 13.1. The molecule has 0 bridgehead atoms. The SMILES string of the molecule is CCOC(=O)c1cn2c(-c3ccc(Cl)cc3Cl)c(C(=O)OC(C)(C)C)c(C)nc2n1.CCOC(=O)c1cnc2ncc(C(=O)OC(C)(C)C)c(-c3ccc(Cl)cc3Cl)n12. The van der Waals surface area contributed by atoms with Crippen molar-refractivity contribution >= 4 is 81.8 Å². The molecule has 0 radical (unpaired) electrons. The van der Waals surface area contributed by atoms with E-state index >= 15 is 0 Å². The van der Waals surface area contributed by atoms with Crippen molar-refractivity contribution in [1.29, 1.82) is 0 Å². The Hall–Kier alpha value is -5.28. The number of rotatable bonds is 8. The average Bonchev–Trinajstić information content (AvgIpc) is 3.75. The van der Waals surface area contributed by atoms with E-state index in [0.29, 0.717) is 48.3 Å². The lowest BCUT2D eigenvalue weighted by Gasteiger charge is -2.22. The molecule has 0 saturated heterocycles. The van der Waals surface area contributed by atoms with Crippen LogP contribution in [0.1, 0.15) is 103 Å². The van der Waals surface area contributed by atoms with Gasteiger partial charge in [-0.15, -0.1) is 0 Å². The zero-order chi connectivity index (χ0) is 43.6. The maximum Gasteiger partial charge on any atom is 0.358 e. The summed E-state index contributed by atoms with van der Waals surface area (Å²) >= 11 is 25.0. The van der Waals surface area contributed by atoms with Crippen molar-refractivity contribution in [3.63, 3.8) is 0 Å². The van der Waals surface area contributed by atoms with Crippen molar-refractivity contribution in [3.8, 4) is 22.5 Å². The van der Waals surface area contributed by atoms with E-state index in [9.17, 15) is 19.2 Å². The molecule has 6 aromatic rings. The summed E-state index contributed by atoms with van der Waals surface area (Å²) in [5.41, 5.74) is 1.16. The van der Waals surface area contributed by atoms with Gasteiger partial charge in [-0.3, -0.25) is 8.80 Å². The first kappa shape index (κ1) is 44.8. The van der Waals surface area contributed by atoms with Gasteiger partial charge >= 0.3 is 23.9 Å². The molecule has 6 rings (SSSR count). The smallest absolute Gasteiger partial charge is 0.358 e. The Labute approximate surface area is 359 Å². The van der Waals surface area contributed by atoms with Gasteiger partial charge in [-0.05, 0) is 98.7 Å². The van der Waals surface area contributed by atoms with Gasteiger partial charge in [-0.2, -0.15) is 0 Å². The predicted octanol–water partition coefficient (Wildman–Crippen LogP) is 9.98. The molecular weight excluding hydrogens is 846 g/mol. The predicted molar refractivity (Wildman–Crippen MR) is 224 cm³/mol. The number of carbonyl (C=O) groups excluding carboxylic acids is 4. The van der Waals surface area contributed by atoms with E-state index in [-0.39, 0.29) is 47.3 Å². The fourth-order valence-corrected chi connectivity index (χ4v) is 6.67. The summed E-state index contributed by atoms with van der Waals surface area (Å²) in [6, 6.07) is 9.76. The van der Waals surface area contributed by atoms with Crippen LogP contribution in [0.3, 0.4) is 0 Å². The second-order valence-electron chi connectivity index (χ2n) is 14.7.